The number of fused-ring (bicyclic) bond motifs is 3. The minimum absolute atomic E-state index is 0.205. The summed E-state index contributed by atoms with van der Waals surface area (Å²) < 4.78 is 13.1. The third kappa shape index (κ3) is 2.47. The van der Waals surface area contributed by atoms with Gasteiger partial charge in [0.05, 0.1) is 21.6 Å². The van der Waals surface area contributed by atoms with Crippen LogP contribution in [0.15, 0.2) is 34.4 Å². The molecule has 0 saturated carbocycles. The van der Waals surface area contributed by atoms with Crippen molar-refractivity contribution in [3.05, 3.63) is 57.5 Å². The summed E-state index contributed by atoms with van der Waals surface area (Å²) >= 11 is 8.07. The maximum absolute atomic E-state index is 6.45. The predicted molar refractivity (Wildman–Crippen MR) is 107 cm³/mol. The fourth-order valence-electron chi connectivity index (χ4n) is 4.04. The van der Waals surface area contributed by atoms with E-state index in [2.05, 4.69) is 20.4 Å². The van der Waals surface area contributed by atoms with E-state index in [1.165, 1.54) is 0 Å². The van der Waals surface area contributed by atoms with Crippen LogP contribution in [-0.4, -0.2) is 21.7 Å². The average molecular weight is 411 g/mol. The van der Waals surface area contributed by atoms with Gasteiger partial charge in [0.2, 0.25) is 0 Å². The van der Waals surface area contributed by atoms with Crippen LogP contribution < -0.4 is 10.1 Å². The molecular weight excluding hydrogens is 396 g/mol. The Kier molecular flexibility index (Phi) is 3.69. The highest BCUT2D eigenvalue weighted by Gasteiger charge is 2.34. The molecule has 6 rings (SSSR count). The summed E-state index contributed by atoms with van der Waals surface area (Å²) in [4.78, 5) is 8.88. The van der Waals surface area contributed by atoms with Crippen molar-refractivity contribution in [3.63, 3.8) is 0 Å². The van der Waals surface area contributed by atoms with Crippen LogP contribution in [0.2, 0.25) is 5.02 Å². The molecule has 3 aromatic heterocycles. The van der Waals surface area contributed by atoms with Gasteiger partial charge in [0.25, 0.3) is 0 Å². The standard InChI is InChI=1S/C20H15ClN4O2S/c21-11-5-10-6-16(19-13-8-22-3-1-14(13)25-27-19)26-18(10)12(7-11)17-20-15(2-4-28-20)23-9-24-17/h2,4-5,7,9,16,22H,1,3,6,8H2/t16-/m1/s1. The molecule has 0 saturated heterocycles. The zero-order chi connectivity index (χ0) is 18.7. The van der Waals surface area contributed by atoms with E-state index in [1.807, 2.05) is 23.6 Å². The van der Waals surface area contributed by atoms with Crippen LogP contribution in [0.1, 0.15) is 28.7 Å². The van der Waals surface area contributed by atoms with Crippen LogP contribution in [0.25, 0.3) is 21.5 Å². The summed E-state index contributed by atoms with van der Waals surface area (Å²) in [5.41, 5.74) is 5.88. The van der Waals surface area contributed by atoms with Gasteiger partial charge in [-0.3, -0.25) is 0 Å². The van der Waals surface area contributed by atoms with Gasteiger partial charge in [-0.05, 0) is 23.6 Å². The van der Waals surface area contributed by atoms with E-state index < -0.39 is 0 Å². The van der Waals surface area contributed by atoms with Gasteiger partial charge in [0.15, 0.2) is 11.9 Å². The number of rotatable bonds is 2. The summed E-state index contributed by atoms with van der Waals surface area (Å²) in [6, 6.07) is 5.88. The molecule has 0 aliphatic carbocycles. The normalized spacial score (nSPS) is 18.1. The van der Waals surface area contributed by atoms with E-state index in [1.54, 1.807) is 17.7 Å². The van der Waals surface area contributed by atoms with Crippen molar-refractivity contribution in [2.75, 3.05) is 6.54 Å². The first-order valence-corrected chi connectivity index (χ1v) is 10.4. The van der Waals surface area contributed by atoms with Gasteiger partial charge in [-0.25, -0.2) is 9.97 Å². The third-order valence-electron chi connectivity index (χ3n) is 5.33. The van der Waals surface area contributed by atoms with Crippen LogP contribution in [-0.2, 0) is 19.4 Å². The van der Waals surface area contributed by atoms with Gasteiger partial charge in [0.1, 0.15) is 12.1 Å². The molecule has 1 atom stereocenters. The van der Waals surface area contributed by atoms with Gasteiger partial charge in [0, 0.05) is 47.6 Å². The van der Waals surface area contributed by atoms with Crippen LogP contribution in [0, 0.1) is 0 Å². The maximum atomic E-state index is 6.45. The van der Waals surface area contributed by atoms with Crippen molar-refractivity contribution >= 4 is 33.2 Å². The third-order valence-corrected chi connectivity index (χ3v) is 6.46. The SMILES string of the molecule is Clc1cc2c(c(-c3ncnc4ccsc34)c1)O[C@@H](c1onc3c1CNCC3)C2. The van der Waals surface area contributed by atoms with Gasteiger partial charge in [-0.1, -0.05) is 16.8 Å². The van der Waals surface area contributed by atoms with Crippen LogP contribution in [0.5, 0.6) is 5.75 Å². The minimum Gasteiger partial charge on any atom is -0.481 e. The first-order valence-electron chi connectivity index (χ1n) is 9.13. The molecule has 1 aromatic carbocycles. The summed E-state index contributed by atoms with van der Waals surface area (Å²) in [6.07, 6.45) is 2.96. The van der Waals surface area contributed by atoms with E-state index in [0.29, 0.717) is 11.4 Å². The smallest absolute Gasteiger partial charge is 0.182 e. The molecule has 5 heterocycles. The Balaban J connectivity index is 1.46. The monoisotopic (exact) mass is 410 g/mol. The van der Waals surface area contributed by atoms with E-state index in [9.17, 15) is 0 Å². The highest BCUT2D eigenvalue weighted by Crippen LogP contribution is 2.47. The molecular formula is C20H15ClN4O2S. The van der Waals surface area contributed by atoms with Crippen molar-refractivity contribution < 1.29 is 9.26 Å². The Morgan fingerprint density at radius 3 is 3.18 bits per heavy atom. The molecule has 2 aliphatic heterocycles. The lowest BCUT2D eigenvalue weighted by Crippen LogP contribution is -2.24. The molecule has 28 heavy (non-hydrogen) atoms. The highest BCUT2D eigenvalue weighted by molar-refractivity contribution is 7.17. The molecule has 6 nitrogen and oxygen atoms in total. The lowest BCUT2D eigenvalue weighted by Gasteiger charge is -2.14. The Hall–Kier alpha value is -2.48. The fourth-order valence-corrected chi connectivity index (χ4v) is 5.13. The summed E-state index contributed by atoms with van der Waals surface area (Å²) in [6.45, 7) is 1.69. The quantitative estimate of drug-likeness (QED) is 0.530. The number of nitrogens with zero attached hydrogens (tertiary/aromatic N) is 3. The average Bonchev–Trinajstić information content (AvgIpc) is 3.43. The largest absolute Gasteiger partial charge is 0.481 e. The second kappa shape index (κ2) is 6.27. The first-order chi connectivity index (χ1) is 13.8. The molecule has 0 amide bonds. The predicted octanol–water partition coefficient (Wildman–Crippen LogP) is 4.32. The van der Waals surface area contributed by atoms with E-state index >= 15 is 0 Å². The molecule has 140 valence electrons. The zero-order valence-corrected chi connectivity index (χ0v) is 16.3. The fraction of sp³-hybridized carbons (Fsp3) is 0.250. The van der Waals surface area contributed by atoms with E-state index in [4.69, 9.17) is 20.9 Å². The van der Waals surface area contributed by atoms with Crippen molar-refractivity contribution in [1.82, 2.24) is 20.4 Å². The molecule has 0 fully saturated rings. The number of thiophene rings is 1. The van der Waals surface area contributed by atoms with Crippen LogP contribution in [0.3, 0.4) is 0 Å². The molecule has 4 aromatic rings. The van der Waals surface area contributed by atoms with E-state index in [-0.39, 0.29) is 6.10 Å². The number of benzene rings is 1. The van der Waals surface area contributed by atoms with Gasteiger partial charge in [-0.15, -0.1) is 11.3 Å². The molecule has 8 heteroatoms. The Labute approximate surface area is 169 Å². The van der Waals surface area contributed by atoms with E-state index in [0.717, 1.165) is 69.3 Å². The number of ether oxygens (including phenoxy) is 1. The Bertz CT molecular complexity index is 1220. The second-order valence-corrected chi connectivity index (χ2v) is 8.36. The first kappa shape index (κ1) is 16.5. The van der Waals surface area contributed by atoms with Crippen molar-refractivity contribution in [3.8, 4) is 17.0 Å². The molecule has 0 unspecified atom stereocenters. The Morgan fingerprint density at radius 2 is 2.21 bits per heavy atom. The lowest BCUT2D eigenvalue weighted by molar-refractivity contribution is 0.189. The van der Waals surface area contributed by atoms with Gasteiger partial charge in [-0.2, -0.15) is 0 Å². The summed E-state index contributed by atoms with van der Waals surface area (Å²) in [7, 11) is 0. The van der Waals surface area contributed by atoms with Crippen molar-refractivity contribution in [2.45, 2.75) is 25.5 Å². The van der Waals surface area contributed by atoms with Crippen molar-refractivity contribution in [2.24, 2.45) is 0 Å². The molecule has 0 bridgehead atoms. The summed E-state index contributed by atoms with van der Waals surface area (Å²) in [5.74, 6) is 1.63. The minimum atomic E-state index is -0.205. The van der Waals surface area contributed by atoms with Gasteiger partial charge >= 0.3 is 0 Å². The molecule has 0 radical (unpaired) electrons. The summed E-state index contributed by atoms with van der Waals surface area (Å²) in [5, 5.41) is 10.3. The number of hydrogen-bond donors (Lipinski definition) is 1. The van der Waals surface area contributed by atoms with Crippen LogP contribution in [0.4, 0.5) is 0 Å². The topological polar surface area (TPSA) is 73.1 Å². The van der Waals surface area contributed by atoms with Gasteiger partial charge < -0.3 is 14.6 Å². The number of nitrogens with one attached hydrogen (secondary N) is 1. The number of aromatic nitrogens is 3. The maximum Gasteiger partial charge on any atom is 0.182 e. The lowest BCUT2D eigenvalue weighted by atomic mass is 10.0. The molecule has 2 aliphatic rings. The van der Waals surface area contributed by atoms with Crippen LogP contribution >= 0.6 is 22.9 Å². The number of hydrogen-bond acceptors (Lipinski definition) is 7. The molecule has 0 spiro atoms. The molecule has 1 N–H and O–H groups in total. The Morgan fingerprint density at radius 1 is 1.25 bits per heavy atom. The highest BCUT2D eigenvalue weighted by atomic mass is 35.5. The van der Waals surface area contributed by atoms with Crippen molar-refractivity contribution in [1.29, 1.82) is 0 Å². The zero-order valence-electron chi connectivity index (χ0n) is 14.7. The number of halogens is 1. The second-order valence-electron chi connectivity index (χ2n) is 7.01.